The molecule has 0 aromatic heterocycles. The van der Waals surface area contributed by atoms with E-state index < -0.39 is 0 Å². The Kier molecular flexibility index (Phi) is 3.32. The van der Waals surface area contributed by atoms with Crippen molar-refractivity contribution in [3.63, 3.8) is 0 Å². The molecule has 0 bridgehead atoms. The average Bonchev–Trinajstić information content (AvgIpc) is 2.69. The number of benzene rings is 1. The van der Waals surface area contributed by atoms with E-state index in [0.29, 0.717) is 6.04 Å². The summed E-state index contributed by atoms with van der Waals surface area (Å²) in [6, 6.07) is 6.25. The smallest absolute Gasteiger partial charge is 0.0789 e. The van der Waals surface area contributed by atoms with Gasteiger partial charge in [0.15, 0.2) is 0 Å². The lowest BCUT2D eigenvalue weighted by Gasteiger charge is -2.28. The lowest BCUT2D eigenvalue weighted by Crippen LogP contribution is -2.32. The molecule has 1 fully saturated rings. The van der Waals surface area contributed by atoms with Crippen molar-refractivity contribution >= 4 is 34.7 Å². The Balaban J connectivity index is 2.27. The number of hydrogen-bond acceptors (Lipinski definition) is 3. The Bertz CT molecular complexity index is 330. The van der Waals surface area contributed by atoms with Gasteiger partial charge in [0.1, 0.15) is 0 Å². The van der Waals surface area contributed by atoms with Crippen molar-refractivity contribution in [1.29, 1.82) is 0 Å². The van der Waals surface area contributed by atoms with E-state index in [0.717, 1.165) is 16.4 Å². The number of thioether (sulfide) groups is 1. The SMILES string of the molecule is CN(c1c(N)cccc1Cl)C1CCSC1. The molecule has 0 saturated carbocycles. The van der Waals surface area contributed by atoms with Gasteiger partial charge in [0.05, 0.1) is 16.4 Å². The summed E-state index contributed by atoms with van der Waals surface area (Å²) in [5.74, 6) is 2.40. The zero-order valence-corrected chi connectivity index (χ0v) is 10.3. The molecule has 1 unspecified atom stereocenters. The van der Waals surface area contributed by atoms with Crippen LogP contribution in [0.15, 0.2) is 18.2 Å². The standard InChI is InChI=1S/C11H15ClN2S/c1-14(8-5-6-15-7-8)11-9(12)3-2-4-10(11)13/h2-4,8H,5-7,13H2,1H3. The van der Waals surface area contributed by atoms with Crippen molar-refractivity contribution < 1.29 is 0 Å². The molecule has 2 nitrogen and oxygen atoms in total. The molecule has 0 amide bonds. The van der Waals surface area contributed by atoms with Gasteiger partial charge in [-0.2, -0.15) is 11.8 Å². The van der Waals surface area contributed by atoms with Crippen LogP contribution in [0.25, 0.3) is 0 Å². The summed E-state index contributed by atoms with van der Waals surface area (Å²) in [6.45, 7) is 0. The van der Waals surface area contributed by atoms with Gasteiger partial charge in [0, 0.05) is 18.8 Å². The van der Waals surface area contributed by atoms with Crippen LogP contribution in [0, 0.1) is 0 Å². The molecule has 1 heterocycles. The van der Waals surface area contributed by atoms with Crippen LogP contribution in [0.5, 0.6) is 0 Å². The zero-order chi connectivity index (χ0) is 10.8. The number of rotatable bonds is 2. The summed E-state index contributed by atoms with van der Waals surface area (Å²) in [5.41, 5.74) is 7.70. The minimum atomic E-state index is 0.567. The molecular formula is C11H15ClN2S. The van der Waals surface area contributed by atoms with Gasteiger partial charge in [0.25, 0.3) is 0 Å². The molecule has 2 N–H and O–H groups in total. The second-order valence-corrected chi connectivity index (χ2v) is 5.36. The molecule has 1 aliphatic rings. The molecule has 1 atom stereocenters. The lowest BCUT2D eigenvalue weighted by atomic mass is 10.2. The molecule has 0 aliphatic carbocycles. The molecular weight excluding hydrogens is 228 g/mol. The molecule has 1 aromatic rings. The Morgan fingerprint density at radius 3 is 2.93 bits per heavy atom. The Labute approximate surface area is 99.8 Å². The minimum Gasteiger partial charge on any atom is -0.397 e. The summed E-state index contributed by atoms with van der Waals surface area (Å²) in [6.07, 6.45) is 1.21. The predicted molar refractivity (Wildman–Crippen MR) is 70.0 cm³/mol. The number of anilines is 2. The topological polar surface area (TPSA) is 29.3 Å². The summed E-state index contributed by atoms with van der Waals surface area (Å²) in [7, 11) is 2.08. The molecule has 1 aliphatic heterocycles. The third-order valence-electron chi connectivity index (χ3n) is 2.82. The van der Waals surface area contributed by atoms with E-state index in [4.69, 9.17) is 17.3 Å². The molecule has 0 spiro atoms. The Morgan fingerprint density at radius 1 is 1.53 bits per heavy atom. The normalized spacial score (nSPS) is 20.5. The van der Waals surface area contributed by atoms with Crippen molar-refractivity contribution in [2.24, 2.45) is 0 Å². The van der Waals surface area contributed by atoms with E-state index in [-0.39, 0.29) is 0 Å². The van der Waals surface area contributed by atoms with Crippen molar-refractivity contribution in [3.05, 3.63) is 23.2 Å². The van der Waals surface area contributed by atoms with Crippen molar-refractivity contribution in [2.75, 3.05) is 29.2 Å². The molecule has 82 valence electrons. The molecule has 1 aromatic carbocycles. The van der Waals surface area contributed by atoms with Gasteiger partial charge in [-0.3, -0.25) is 0 Å². The van der Waals surface area contributed by atoms with Gasteiger partial charge < -0.3 is 10.6 Å². The van der Waals surface area contributed by atoms with Crippen molar-refractivity contribution in [1.82, 2.24) is 0 Å². The number of halogens is 1. The van der Waals surface area contributed by atoms with Crippen LogP contribution in [0.1, 0.15) is 6.42 Å². The number of nitrogen functional groups attached to an aromatic ring is 1. The number of nitrogens with two attached hydrogens (primary N) is 1. The number of hydrogen-bond donors (Lipinski definition) is 1. The molecule has 2 rings (SSSR count). The first-order chi connectivity index (χ1) is 7.20. The van der Waals surface area contributed by atoms with Gasteiger partial charge >= 0.3 is 0 Å². The van der Waals surface area contributed by atoms with E-state index >= 15 is 0 Å². The predicted octanol–water partition coefficient (Wildman–Crippen LogP) is 2.86. The lowest BCUT2D eigenvalue weighted by molar-refractivity contribution is 0.701. The fraction of sp³-hybridized carbons (Fsp3) is 0.455. The fourth-order valence-electron chi connectivity index (χ4n) is 1.91. The molecule has 15 heavy (non-hydrogen) atoms. The molecule has 0 radical (unpaired) electrons. The average molecular weight is 243 g/mol. The zero-order valence-electron chi connectivity index (χ0n) is 8.74. The van der Waals surface area contributed by atoms with E-state index in [9.17, 15) is 0 Å². The second-order valence-electron chi connectivity index (χ2n) is 3.81. The number of nitrogens with zero attached hydrogens (tertiary/aromatic N) is 1. The van der Waals surface area contributed by atoms with Crippen LogP contribution >= 0.6 is 23.4 Å². The van der Waals surface area contributed by atoms with Crippen LogP contribution in [-0.4, -0.2) is 24.6 Å². The maximum absolute atomic E-state index is 6.17. The third-order valence-corrected chi connectivity index (χ3v) is 4.27. The van der Waals surface area contributed by atoms with Crippen LogP contribution < -0.4 is 10.6 Å². The van der Waals surface area contributed by atoms with Gasteiger partial charge in [0.2, 0.25) is 0 Å². The van der Waals surface area contributed by atoms with Crippen LogP contribution in [0.4, 0.5) is 11.4 Å². The van der Waals surface area contributed by atoms with Crippen LogP contribution in [0.3, 0.4) is 0 Å². The van der Waals surface area contributed by atoms with Crippen LogP contribution in [-0.2, 0) is 0 Å². The third kappa shape index (κ3) is 2.18. The maximum Gasteiger partial charge on any atom is 0.0789 e. The first-order valence-electron chi connectivity index (χ1n) is 5.04. The van der Waals surface area contributed by atoms with Gasteiger partial charge in [-0.05, 0) is 24.3 Å². The van der Waals surface area contributed by atoms with E-state index in [2.05, 4.69) is 11.9 Å². The van der Waals surface area contributed by atoms with Crippen molar-refractivity contribution in [2.45, 2.75) is 12.5 Å². The fourth-order valence-corrected chi connectivity index (χ4v) is 3.50. The summed E-state index contributed by atoms with van der Waals surface area (Å²) < 4.78 is 0. The highest BCUT2D eigenvalue weighted by atomic mass is 35.5. The second kappa shape index (κ2) is 4.54. The largest absolute Gasteiger partial charge is 0.397 e. The highest BCUT2D eigenvalue weighted by Gasteiger charge is 2.22. The number of para-hydroxylation sites is 1. The summed E-state index contributed by atoms with van der Waals surface area (Å²) in [5, 5.41) is 0.745. The summed E-state index contributed by atoms with van der Waals surface area (Å²) in [4.78, 5) is 2.22. The Morgan fingerprint density at radius 2 is 2.33 bits per heavy atom. The van der Waals surface area contributed by atoms with E-state index in [1.807, 2.05) is 30.0 Å². The quantitative estimate of drug-likeness (QED) is 0.809. The highest BCUT2D eigenvalue weighted by molar-refractivity contribution is 7.99. The molecule has 4 heteroatoms. The van der Waals surface area contributed by atoms with Gasteiger partial charge in [-0.25, -0.2) is 0 Å². The van der Waals surface area contributed by atoms with E-state index in [1.54, 1.807) is 0 Å². The highest BCUT2D eigenvalue weighted by Crippen LogP contribution is 2.35. The van der Waals surface area contributed by atoms with Gasteiger partial charge in [-0.1, -0.05) is 17.7 Å². The Hall–Kier alpha value is -0.540. The van der Waals surface area contributed by atoms with Crippen molar-refractivity contribution in [3.8, 4) is 0 Å². The maximum atomic E-state index is 6.17. The van der Waals surface area contributed by atoms with Crippen LogP contribution in [0.2, 0.25) is 5.02 Å². The molecule has 1 saturated heterocycles. The monoisotopic (exact) mass is 242 g/mol. The van der Waals surface area contributed by atoms with Gasteiger partial charge in [-0.15, -0.1) is 0 Å². The first kappa shape index (κ1) is 11.0. The first-order valence-corrected chi connectivity index (χ1v) is 6.58. The van der Waals surface area contributed by atoms with E-state index in [1.165, 1.54) is 17.9 Å². The summed E-state index contributed by atoms with van der Waals surface area (Å²) >= 11 is 8.17. The minimum absolute atomic E-state index is 0.567.